The number of nitrogens with zero attached hydrogens (tertiary/aromatic N) is 1. The van der Waals surface area contributed by atoms with E-state index in [4.69, 9.17) is 14.2 Å². The Morgan fingerprint density at radius 1 is 1.14 bits per heavy atom. The minimum absolute atomic E-state index is 0.114. The highest BCUT2D eigenvalue weighted by Gasteiger charge is 2.25. The van der Waals surface area contributed by atoms with E-state index in [2.05, 4.69) is 27.0 Å². The molecule has 1 unspecified atom stereocenters. The van der Waals surface area contributed by atoms with Crippen LogP contribution in [0, 0.1) is 0 Å². The van der Waals surface area contributed by atoms with Gasteiger partial charge in [0.15, 0.2) is 11.5 Å². The summed E-state index contributed by atoms with van der Waals surface area (Å²) in [6, 6.07) is 5.77. The van der Waals surface area contributed by atoms with Crippen LogP contribution in [0.1, 0.15) is 43.1 Å². The molecule has 1 aromatic heterocycles. The molecule has 29 heavy (non-hydrogen) atoms. The van der Waals surface area contributed by atoms with Gasteiger partial charge < -0.3 is 19.5 Å². The zero-order valence-electron chi connectivity index (χ0n) is 17.4. The molecule has 3 rings (SSSR count). The first-order valence-corrected chi connectivity index (χ1v) is 11.2. The van der Waals surface area contributed by atoms with E-state index in [1.807, 2.05) is 20.8 Å². The highest BCUT2D eigenvalue weighted by molar-refractivity contribution is 7.07. The molecule has 2 aromatic rings. The van der Waals surface area contributed by atoms with E-state index in [1.54, 1.807) is 23.5 Å². The third-order valence-corrected chi connectivity index (χ3v) is 5.50. The lowest BCUT2D eigenvalue weighted by molar-refractivity contribution is 0.0936. The maximum atomic E-state index is 12.9. The summed E-state index contributed by atoms with van der Waals surface area (Å²) in [5.41, 5.74) is 1.85. The number of nitrogens with one attached hydrogen (secondary N) is 1. The fourth-order valence-corrected chi connectivity index (χ4v) is 4.18. The van der Waals surface area contributed by atoms with Crippen LogP contribution in [0.2, 0.25) is 0 Å². The van der Waals surface area contributed by atoms with Crippen molar-refractivity contribution in [1.29, 1.82) is 0 Å². The molecule has 1 aliphatic heterocycles. The van der Waals surface area contributed by atoms with Crippen LogP contribution in [0.4, 0.5) is 0 Å². The van der Waals surface area contributed by atoms with Crippen LogP contribution in [0.3, 0.4) is 0 Å². The number of hydrogen-bond acceptors (Lipinski definition) is 6. The van der Waals surface area contributed by atoms with Gasteiger partial charge in [-0.25, -0.2) is 0 Å². The number of ether oxygens (including phenoxy) is 3. The third-order valence-electron chi connectivity index (χ3n) is 4.77. The van der Waals surface area contributed by atoms with Crippen molar-refractivity contribution in [3.05, 3.63) is 40.1 Å². The summed E-state index contributed by atoms with van der Waals surface area (Å²) in [5.74, 6) is 1.51. The Hall–Kier alpha value is -2.25. The van der Waals surface area contributed by atoms with Crippen LogP contribution < -0.4 is 19.5 Å². The number of rotatable bonds is 10. The average Bonchev–Trinajstić information content (AvgIpc) is 3.37. The van der Waals surface area contributed by atoms with Crippen molar-refractivity contribution in [3.63, 3.8) is 0 Å². The molecule has 2 heterocycles. The minimum atomic E-state index is -0.114. The van der Waals surface area contributed by atoms with Gasteiger partial charge in [-0.1, -0.05) is 0 Å². The van der Waals surface area contributed by atoms with Crippen LogP contribution >= 0.6 is 11.3 Å². The van der Waals surface area contributed by atoms with E-state index in [0.29, 0.717) is 42.6 Å². The van der Waals surface area contributed by atoms with Gasteiger partial charge in [0.2, 0.25) is 5.75 Å². The number of benzene rings is 1. The smallest absolute Gasteiger partial charge is 0.251 e. The first-order chi connectivity index (χ1) is 14.1. The highest BCUT2D eigenvalue weighted by atomic mass is 32.1. The van der Waals surface area contributed by atoms with Crippen molar-refractivity contribution in [3.8, 4) is 17.2 Å². The standard InChI is InChI=1S/C22H30N2O4S/c1-4-26-19-11-17(12-20(27-5-2)21(19)28-6-3)22(25)23-18-7-9-24(14-18)13-16-8-10-29-15-16/h8,10-12,15,18H,4-7,9,13-14H2,1-3H3,(H,23,25). The maximum absolute atomic E-state index is 12.9. The molecule has 6 nitrogen and oxygen atoms in total. The Balaban J connectivity index is 1.69. The average molecular weight is 419 g/mol. The van der Waals surface area contributed by atoms with Gasteiger partial charge in [-0.3, -0.25) is 9.69 Å². The van der Waals surface area contributed by atoms with E-state index < -0.39 is 0 Å². The molecule has 1 atom stereocenters. The SMILES string of the molecule is CCOc1cc(C(=O)NC2CCN(Cc3ccsc3)C2)cc(OCC)c1OCC. The number of likely N-dealkylation sites (tertiary alicyclic amines) is 1. The molecule has 0 bridgehead atoms. The molecular formula is C22H30N2O4S. The second-order valence-electron chi connectivity index (χ2n) is 6.93. The lowest BCUT2D eigenvalue weighted by Gasteiger charge is -2.19. The second kappa shape index (κ2) is 10.5. The van der Waals surface area contributed by atoms with Crippen molar-refractivity contribution in [2.45, 2.75) is 39.8 Å². The van der Waals surface area contributed by atoms with Crippen molar-refractivity contribution in [2.75, 3.05) is 32.9 Å². The molecule has 0 aliphatic carbocycles. The number of hydrogen-bond donors (Lipinski definition) is 1. The fourth-order valence-electron chi connectivity index (χ4n) is 3.52. The largest absolute Gasteiger partial charge is 0.490 e. The summed E-state index contributed by atoms with van der Waals surface area (Å²) in [6.07, 6.45) is 0.948. The topological polar surface area (TPSA) is 60.0 Å². The molecule has 1 amide bonds. The summed E-state index contributed by atoms with van der Waals surface area (Å²) in [6.45, 7) is 9.96. The van der Waals surface area contributed by atoms with E-state index >= 15 is 0 Å². The summed E-state index contributed by atoms with van der Waals surface area (Å²) >= 11 is 1.72. The van der Waals surface area contributed by atoms with Crippen LogP contribution in [-0.2, 0) is 6.54 Å². The van der Waals surface area contributed by atoms with Gasteiger partial charge in [-0.05, 0) is 61.7 Å². The van der Waals surface area contributed by atoms with Gasteiger partial charge in [0.1, 0.15) is 0 Å². The third kappa shape index (κ3) is 5.64. The zero-order chi connectivity index (χ0) is 20.6. The molecule has 1 aliphatic rings. The number of thiophene rings is 1. The Morgan fingerprint density at radius 2 is 1.83 bits per heavy atom. The number of carbonyl (C=O) groups excluding carboxylic acids is 1. The first kappa shape index (κ1) is 21.5. The quantitative estimate of drug-likeness (QED) is 0.633. The molecule has 158 valence electrons. The van der Waals surface area contributed by atoms with Gasteiger partial charge in [0.05, 0.1) is 19.8 Å². The normalized spacial score (nSPS) is 16.6. The lowest BCUT2D eigenvalue weighted by atomic mass is 10.1. The summed E-state index contributed by atoms with van der Waals surface area (Å²) in [4.78, 5) is 15.3. The van der Waals surface area contributed by atoms with Crippen molar-refractivity contribution >= 4 is 17.2 Å². The molecule has 0 spiro atoms. The molecule has 0 radical (unpaired) electrons. The van der Waals surface area contributed by atoms with Gasteiger partial charge >= 0.3 is 0 Å². The summed E-state index contributed by atoms with van der Waals surface area (Å²) in [5, 5.41) is 7.44. The number of amides is 1. The first-order valence-electron chi connectivity index (χ1n) is 10.2. The van der Waals surface area contributed by atoms with Gasteiger partial charge in [0, 0.05) is 31.2 Å². The van der Waals surface area contributed by atoms with Crippen molar-refractivity contribution in [1.82, 2.24) is 10.2 Å². The molecular weight excluding hydrogens is 388 g/mol. The van der Waals surface area contributed by atoms with Gasteiger partial charge in [0.25, 0.3) is 5.91 Å². The van der Waals surface area contributed by atoms with Gasteiger partial charge in [-0.15, -0.1) is 0 Å². The molecule has 1 saturated heterocycles. The molecule has 7 heteroatoms. The Labute approximate surface area is 176 Å². The van der Waals surface area contributed by atoms with Gasteiger partial charge in [-0.2, -0.15) is 11.3 Å². The van der Waals surface area contributed by atoms with Crippen molar-refractivity contribution < 1.29 is 19.0 Å². The predicted octanol–water partition coefficient (Wildman–Crippen LogP) is 3.95. The Kier molecular flexibility index (Phi) is 7.77. The van der Waals surface area contributed by atoms with E-state index in [-0.39, 0.29) is 11.9 Å². The van der Waals surface area contributed by atoms with Crippen LogP contribution in [0.15, 0.2) is 29.0 Å². The highest BCUT2D eigenvalue weighted by Crippen LogP contribution is 2.39. The second-order valence-corrected chi connectivity index (χ2v) is 7.71. The van der Waals surface area contributed by atoms with Crippen LogP contribution in [0.25, 0.3) is 0 Å². The minimum Gasteiger partial charge on any atom is -0.490 e. The van der Waals surface area contributed by atoms with E-state index in [1.165, 1.54) is 5.56 Å². The monoisotopic (exact) mass is 418 g/mol. The Bertz CT molecular complexity index is 767. The predicted molar refractivity (Wildman–Crippen MR) is 115 cm³/mol. The zero-order valence-corrected chi connectivity index (χ0v) is 18.2. The molecule has 0 saturated carbocycles. The summed E-state index contributed by atoms with van der Waals surface area (Å²) < 4.78 is 17.2. The Morgan fingerprint density at radius 3 is 2.41 bits per heavy atom. The molecule has 1 N–H and O–H groups in total. The lowest BCUT2D eigenvalue weighted by Crippen LogP contribution is -2.37. The fraction of sp³-hybridized carbons (Fsp3) is 0.500. The maximum Gasteiger partial charge on any atom is 0.251 e. The number of carbonyl (C=O) groups is 1. The summed E-state index contributed by atoms with van der Waals surface area (Å²) in [7, 11) is 0. The molecule has 1 fully saturated rings. The van der Waals surface area contributed by atoms with E-state index in [0.717, 1.165) is 26.1 Å². The van der Waals surface area contributed by atoms with Crippen LogP contribution in [-0.4, -0.2) is 49.8 Å². The van der Waals surface area contributed by atoms with E-state index in [9.17, 15) is 4.79 Å². The van der Waals surface area contributed by atoms with Crippen LogP contribution in [0.5, 0.6) is 17.2 Å². The van der Waals surface area contributed by atoms with Crippen molar-refractivity contribution in [2.24, 2.45) is 0 Å². The molecule has 1 aromatic carbocycles.